The molecule has 0 aliphatic heterocycles. The second-order valence-corrected chi connectivity index (χ2v) is 4.56. The van der Waals surface area contributed by atoms with E-state index in [1.54, 1.807) is 4.57 Å². The van der Waals surface area contributed by atoms with Gasteiger partial charge < -0.3 is 10.2 Å². The van der Waals surface area contributed by atoms with Crippen LogP contribution in [0.15, 0.2) is 0 Å². The minimum atomic E-state index is 0.247. The first kappa shape index (κ1) is 10.4. The molecule has 0 saturated heterocycles. The van der Waals surface area contributed by atoms with Gasteiger partial charge in [0.2, 0.25) is 0 Å². The molecule has 0 atom stereocenters. The number of hydrogen-bond acceptors (Lipinski definition) is 2. The van der Waals surface area contributed by atoms with E-state index >= 15 is 0 Å². The van der Waals surface area contributed by atoms with Crippen molar-refractivity contribution in [3.8, 4) is 11.8 Å². The van der Waals surface area contributed by atoms with Gasteiger partial charge in [-0.2, -0.15) is 0 Å². The van der Waals surface area contributed by atoms with Crippen LogP contribution in [0.1, 0.15) is 49.3 Å². The van der Waals surface area contributed by atoms with Gasteiger partial charge >= 0.3 is 0 Å². The molecule has 1 aliphatic carbocycles. The Bertz CT molecular complexity index is 337. The molecule has 0 amide bonds. The summed E-state index contributed by atoms with van der Waals surface area (Å²) in [5.74, 6) is 0.494. The molecule has 0 radical (unpaired) electrons. The highest BCUT2D eigenvalue weighted by Gasteiger charge is 2.24. The van der Waals surface area contributed by atoms with E-state index in [1.807, 2.05) is 13.8 Å². The zero-order chi connectivity index (χ0) is 11.0. The largest absolute Gasteiger partial charge is 0.494 e. The third-order valence-electron chi connectivity index (χ3n) is 3.63. The molecule has 0 aromatic carbocycles. The average Bonchev–Trinajstić information content (AvgIpc) is 2.45. The topological polar surface area (TPSA) is 45.4 Å². The van der Waals surface area contributed by atoms with Crippen LogP contribution in [0.2, 0.25) is 0 Å². The van der Waals surface area contributed by atoms with Gasteiger partial charge in [-0.25, -0.2) is 0 Å². The molecule has 0 bridgehead atoms. The maximum Gasteiger partial charge on any atom is 0.197 e. The van der Waals surface area contributed by atoms with Gasteiger partial charge in [0, 0.05) is 17.2 Å². The van der Waals surface area contributed by atoms with Crippen LogP contribution < -0.4 is 0 Å². The molecule has 2 N–H and O–H groups in total. The van der Waals surface area contributed by atoms with E-state index < -0.39 is 0 Å². The van der Waals surface area contributed by atoms with Crippen molar-refractivity contribution < 1.29 is 10.2 Å². The van der Waals surface area contributed by atoms with Crippen LogP contribution in [0.3, 0.4) is 0 Å². The standard InChI is InChI=1S/C12H19NO2/c1-8-9(2)12(15)13(11(8)14)10-6-4-3-5-7-10/h10,14-15H,3-7H2,1-2H3. The fraction of sp³-hybridized carbons (Fsp3) is 0.667. The predicted octanol–water partition coefficient (Wildman–Crippen LogP) is 3.02. The van der Waals surface area contributed by atoms with Crippen molar-refractivity contribution in [2.24, 2.45) is 0 Å². The van der Waals surface area contributed by atoms with Crippen molar-refractivity contribution in [3.63, 3.8) is 0 Å². The van der Waals surface area contributed by atoms with Crippen molar-refractivity contribution in [1.29, 1.82) is 0 Å². The summed E-state index contributed by atoms with van der Waals surface area (Å²) in [5, 5.41) is 19.9. The molecule has 0 unspecified atom stereocenters. The summed E-state index contributed by atoms with van der Waals surface area (Å²) in [6.45, 7) is 3.70. The van der Waals surface area contributed by atoms with Gasteiger partial charge in [-0.05, 0) is 26.7 Å². The third-order valence-corrected chi connectivity index (χ3v) is 3.63. The molecule has 1 heterocycles. The summed E-state index contributed by atoms with van der Waals surface area (Å²) in [4.78, 5) is 0. The molecular weight excluding hydrogens is 190 g/mol. The van der Waals surface area contributed by atoms with Crippen LogP contribution in [0.4, 0.5) is 0 Å². The minimum Gasteiger partial charge on any atom is -0.494 e. The minimum absolute atomic E-state index is 0.247. The first-order valence-electron chi connectivity index (χ1n) is 5.72. The first-order valence-corrected chi connectivity index (χ1v) is 5.72. The maximum absolute atomic E-state index is 9.95. The van der Waals surface area contributed by atoms with Crippen LogP contribution in [0.25, 0.3) is 0 Å². The molecule has 1 aromatic heterocycles. The van der Waals surface area contributed by atoms with Gasteiger partial charge in [-0.1, -0.05) is 19.3 Å². The SMILES string of the molecule is Cc1c(C)c(O)n(C2CCCCC2)c1O. The highest BCUT2D eigenvalue weighted by Crippen LogP contribution is 2.40. The zero-order valence-corrected chi connectivity index (χ0v) is 9.45. The lowest BCUT2D eigenvalue weighted by Crippen LogP contribution is -2.11. The van der Waals surface area contributed by atoms with E-state index in [0.717, 1.165) is 24.0 Å². The Morgan fingerprint density at radius 1 is 0.933 bits per heavy atom. The number of aromatic nitrogens is 1. The molecule has 3 heteroatoms. The van der Waals surface area contributed by atoms with E-state index in [9.17, 15) is 10.2 Å². The van der Waals surface area contributed by atoms with Gasteiger partial charge in [0.15, 0.2) is 11.8 Å². The summed E-state index contributed by atoms with van der Waals surface area (Å²) < 4.78 is 1.71. The monoisotopic (exact) mass is 209 g/mol. The molecule has 3 nitrogen and oxygen atoms in total. The molecule has 2 rings (SSSR count). The van der Waals surface area contributed by atoms with Crippen molar-refractivity contribution in [3.05, 3.63) is 11.1 Å². The van der Waals surface area contributed by atoms with Gasteiger partial charge in [-0.3, -0.25) is 4.57 Å². The van der Waals surface area contributed by atoms with Crippen LogP contribution >= 0.6 is 0 Å². The third kappa shape index (κ3) is 1.60. The number of rotatable bonds is 1. The van der Waals surface area contributed by atoms with Crippen LogP contribution in [-0.2, 0) is 0 Å². The van der Waals surface area contributed by atoms with Crippen LogP contribution in [-0.4, -0.2) is 14.8 Å². The molecule has 1 saturated carbocycles. The quantitative estimate of drug-likeness (QED) is 0.746. The second-order valence-electron chi connectivity index (χ2n) is 4.56. The van der Waals surface area contributed by atoms with Crippen molar-refractivity contribution >= 4 is 0 Å². The van der Waals surface area contributed by atoms with Crippen molar-refractivity contribution in [1.82, 2.24) is 4.57 Å². The number of nitrogens with zero attached hydrogens (tertiary/aromatic N) is 1. The maximum atomic E-state index is 9.95. The Kier molecular flexibility index (Phi) is 2.63. The Labute approximate surface area is 90.4 Å². The van der Waals surface area contributed by atoms with E-state index in [0.29, 0.717) is 0 Å². The molecule has 1 aromatic rings. The van der Waals surface area contributed by atoms with E-state index in [-0.39, 0.29) is 17.8 Å². The Balaban J connectivity index is 2.38. The Hall–Kier alpha value is -1.12. The summed E-state index contributed by atoms with van der Waals surface area (Å²) in [6.07, 6.45) is 5.79. The molecule has 1 fully saturated rings. The van der Waals surface area contributed by atoms with Crippen LogP contribution in [0.5, 0.6) is 11.8 Å². The van der Waals surface area contributed by atoms with E-state index in [2.05, 4.69) is 0 Å². The van der Waals surface area contributed by atoms with Gasteiger partial charge in [0.05, 0.1) is 0 Å². The summed E-state index contributed by atoms with van der Waals surface area (Å²) >= 11 is 0. The van der Waals surface area contributed by atoms with Crippen LogP contribution in [0, 0.1) is 13.8 Å². The lowest BCUT2D eigenvalue weighted by Gasteiger charge is -2.24. The Morgan fingerprint density at radius 3 is 1.87 bits per heavy atom. The summed E-state index contributed by atoms with van der Waals surface area (Å²) in [5.41, 5.74) is 1.61. The molecule has 84 valence electrons. The smallest absolute Gasteiger partial charge is 0.197 e. The summed E-state index contributed by atoms with van der Waals surface area (Å²) in [7, 11) is 0. The highest BCUT2D eigenvalue weighted by molar-refractivity contribution is 5.43. The van der Waals surface area contributed by atoms with Crippen molar-refractivity contribution in [2.75, 3.05) is 0 Å². The molecular formula is C12H19NO2. The fourth-order valence-corrected chi connectivity index (χ4v) is 2.48. The van der Waals surface area contributed by atoms with Gasteiger partial charge in [0.25, 0.3) is 0 Å². The number of aromatic hydroxyl groups is 2. The second kappa shape index (κ2) is 3.80. The lowest BCUT2D eigenvalue weighted by atomic mass is 9.95. The molecule has 15 heavy (non-hydrogen) atoms. The molecule has 1 aliphatic rings. The zero-order valence-electron chi connectivity index (χ0n) is 9.45. The highest BCUT2D eigenvalue weighted by atomic mass is 16.3. The average molecular weight is 209 g/mol. The van der Waals surface area contributed by atoms with E-state index in [4.69, 9.17) is 0 Å². The first-order chi connectivity index (χ1) is 7.13. The van der Waals surface area contributed by atoms with Gasteiger partial charge in [-0.15, -0.1) is 0 Å². The normalized spacial score (nSPS) is 18.3. The number of hydrogen-bond donors (Lipinski definition) is 2. The lowest BCUT2D eigenvalue weighted by molar-refractivity contribution is 0.281. The Morgan fingerprint density at radius 2 is 1.40 bits per heavy atom. The van der Waals surface area contributed by atoms with Gasteiger partial charge in [0.1, 0.15) is 0 Å². The predicted molar refractivity (Wildman–Crippen MR) is 59.4 cm³/mol. The van der Waals surface area contributed by atoms with Crippen molar-refractivity contribution in [2.45, 2.75) is 52.0 Å². The summed E-state index contributed by atoms with van der Waals surface area (Å²) in [6, 6.07) is 0.283. The molecule has 0 spiro atoms. The van der Waals surface area contributed by atoms with E-state index in [1.165, 1.54) is 19.3 Å². The fourth-order valence-electron chi connectivity index (χ4n) is 2.48.